The van der Waals surface area contributed by atoms with E-state index in [0.29, 0.717) is 0 Å². The fourth-order valence-corrected chi connectivity index (χ4v) is 4.09. The van der Waals surface area contributed by atoms with Crippen molar-refractivity contribution in [1.82, 2.24) is 0 Å². The Morgan fingerprint density at radius 3 is 1.82 bits per heavy atom. The molecule has 1 rings (SSSR count). The molecular formula is C6H8NO12P3. The molecule has 0 spiro atoms. The Balaban J connectivity index is 2.83. The minimum Gasteiger partial charge on any atom is -0.404 e. The summed E-state index contributed by atoms with van der Waals surface area (Å²) in [6, 6.07) is 3.58. The third-order valence-electron chi connectivity index (χ3n) is 1.68. The predicted octanol–water partition coefficient (Wildman–Crippen LogP) is 1.30. The summed E-state index contributed by atoms with van der Waals surface area (Å²) in [5.41, 5.74) is -0.362. The van der Waals surface area contributed by atoms with Crippen LogP contribution in [0.15, 0.2) is 24.3 Å². The monoisotopic (exact) mass is 379 g/mol. The fourth-order valence-electron chi connectivity index (χ4n) is 1.06. The van der Waals surface area contributed by atoms with E-state index in [4.69, 9.17) is 14.7 Å². The average molecular weight is 379 g/mol. The lowest BCUT2D eigenvalue weighted by atomic mass is 10.3. The van der Waals surface area contributed by atoms with Gasteiger partial charge in [0.15, 0.2) is 0 Å². The summed E-state index contributed by atoms with van der Waals surface area (Å²) in [6.07, 6.45) is 0. The van der Waals surface area contributed by atoms with Crippen molar-refractivity contribution in [2.45, 2.75) is 0 Å². The first-order valence-electron chi connectivity index (χ1n) is 4.87. The second-order valence-electron chi connectivity index (χ2n) is 3.43. The molecule has 22 heavy (non-hydrogen) atoms. The number of hydrogen-bond acceptors (Lipinski definition) is 8. The Labute approximate surface area is 121 Å². The fraction of sp³-hybridized carbons (Fsp3) is 0. The molecule has 0 heterocycles. The molecule has 0 aromatic heterocycles. The van der Waals surface area contributed by atoms with Crippen molar-refractivity contribution in [1.29, 1.82) is 0 Å². The molecule has 0 aliphatic heterocycles. The van der Waals surface area contributed by atoms with E-state index in [1.54, 1.807) is 0 Å². The number of phosphoric acid groups is 3. The number of nitro benzene ring substituents is 1. The van der Waals surface area contributed by atoms with Gasteiger partial charge in [0.2, 0.25) is 0 Å². The van der Waals surface area contributed by atoms with Crippen LogP contribution in [0, 0.1) is 10.1 Å². The first-order valence-corrected chi connectivity index (χ1v) is 9.40. The third-order valence-corrected chi connectivity index (χ3v) is 5.45. The van der Waals surface area contributed by atoms with Gasteiger partial charge in [-0.1, -0.05) is 0 Å². The molecule has 0 amide bonds. The summed E-state index contributed by atoms with van der Waals surface area (Å²) < 4.78 is 44.1. The van der Waals surface area contributed by atoms with Crippen molar-refractivity contribution in [2.75, 3.05) is 0 Å². The van der Waals surface area contributed by atoms with E-state index in [9.17, 15) is 28.7 Å². The number of nitro groups is 1. The average Bonchev–Trinajstić information content (AvgIpc) is 2.23. The smallest absolute Gasteiger partial charge is 0.404 e. The van der Waals surface area contributed by atoms with Gasteiger partial charge in [0.1, 0.15) is 5.75 Å². The molecule has 0 fully saturated rings. The van der Waals surface area contributed by atoms with Crippen molar-refractivity contribution in [2.24, 2.45) is 0 Å². The summed E-state index contributed by atoms with van der Waals surface area (Å²) in [4.78, 5) is 44.4. The summed E-state index contributed by atoms with van der Waals surface area (Å²) in [7, 11) is -16.4. The van der Waals surface area contributed by atoms with Crippen LogP contribution in [-0.4, -0.2) is 24.5 Å². The molecule has 2 unspecified atom stereocenters. The Morgan fingerprint density at radius 2 is 1.41 bits per heavy atom. The van der Waals surface area contributed by atoms with Crippen LogP contribution in [0.2, 0.25) is 0 Å². The van der Waals surface area contributed by atoms with Gasteiger partial charge in [-0.25, -0.2) is 13.7 Å². The lowest BCUT2D eigenvalue weighted by Gasteiger charge is -2.16. The van der Waals surface area contributed by atoms with E-state index < -0.39 is 34.1 Å². The second kappa shape index (κ2) is 6.55. The molecule has 124 valence electrons. The van der Waals surface area contributed by atoms with E-state index in [2.05, 4.69) is 13.1 Å². The lowest BCUT2D eigenvalue weighted by molar-refractivity contribution is -0.384. The molecule has 16 heteroatoms. The van der Waals surface area contributed by atoms with Crippen molar-refractivity contribution in [3.63, 3.8) is 0 Å². The Hall–Kier alpha value is -1.13. The minimum atomic E-state index is -5.61. The first-order chi connectivity index (χ1) is 9.80. The molecule has 0 bridgehead atoms. The highest BCUT2D eigenvalue weighted by Gasteiger charge is 2.41. The van der Waals surface area contributed by atoms with Gasteiger partial charge in [-0.05, 0) is 12.1 Å². The van der Waals surface area contributed by atoms with E-state index in [1.807, 2.05) is 0 Å². The van der Waals surface area contributed by atoms with Gasteiger partial charge in [-0.3, -0.25) is 15.0 Å². The Kier molecular flexibility index (Phi) is 5.63. The zero-order chi connectivity index (χ0) is 17.2. The number of benzene rings is 1. The van der Waals surface area contributed by atoms with Gasteiger partial charge < -0.3 is 19.2 Å². The highest BCUT2D eigenvalue weighted by molar-refractivity contribution is 7.66. The molecule has 0 aliphatic carbocycles. The van der Waals surface area contributed by atoms with Crippen molar-refractivity contribution < 1.29 is 51.3 Å². The van der Waals surface area contributed by atoms with Crippen LogP contribution in [0.5, 0.6) is 5.75 Å². The molecule has 0 aliphatic rings. The standard InChI is InChI=1S/C6H8NO12P3/c8-7(9)5-1-3-6(4-2-5)17-21(13,14)19-22(15,16)18-20(10,11)12/h1-4H,(H,13,14)(H,15,16)(H2,10,11,12). The van der Waals surface area contributed by atoms with Crippen LogP contribution < -0.4 is 4.52 Å². The number of hydrogen-bond donors (Lipinski definition) is 4. The summed E-state index contributed by atoms with van der Waals surface area (Å²) in [5, 5.41) is 10.4. The Morgan fingerprint density at radius 1 is 0.909 bits per heavy atom. The van der Waals surface area contributed by atoms with Crippen LogP contribution >= 0.6 is 23.5 Å². The molecule has 2 atom stereocenters. The second-order valence-corrected chi connectivity index (χ2v) is 7.78. The molecule has 1 aromatic rings. The summed E-state index contributed by atoms with van der Waals surface area (Å²) >= 11 is 0. The number of nitrogens with zero attached hydrogens (tertiary/aromatic N) is 1. The van der Waals surface area contributed by atoms with E-state index in [1.165, 1.54) is 0 Å². The molecule has 1 aromatic carbocycles. The number of phosphoric ester groups is 1. The zero-order valence-electron chi connectivity index (χ0n) is 10.2. The molecule has 4 N–H and O–H groups in total. The zero-order valence-corrected chi connectivity index (χ0v) is 12.8. The van der Waals surface area contributed by atoms with Crippen LogP contribution in [0.1, 0.15) is 0 Å². The van der Waals surface area contributed by atoms with Gasteiger partial charge in [0, 0.05) is 12.1 Å². The molecule has 0 radical (unpaired) electrons. The maximum Gasteiger partial charge on any atom is 0.536 e. The van der Waals surface area contributed by atoms with Crippen LogP contribution in [0.25, 0.3) is 0 Å². The maximum absolute atomic E-state index is 11.4. The summed E-state index contributed by atoms with van der Waals surface area (Å²) in [5.74, 6) is -0.451. The number of rotatable bonds is 7. The van der Waals surface area contributed by atoms with E-state index in [0.717, 1.165) is 24.3 Å². The topological polar surface area (TPSA) is 203 Å². The lowest BCUT2D eigenvalue weighted by Crippen LogP contribution is -1.98. The first kappa shape index (κ1) is 18.9. The largest absolute Gasteiger partial charge is 0.536 e. The quantitative estimate of drug-likeness (QED) is 0.301. The van der Waals surface area contributed by atoms with Crippen molar-refractivity contribution >= 4 is 29.2 Å². The van der Waals surface area contributed by atoms with Gasteiger partial charge in [0.25, 0.3) is 5.69 Å². The number of non-ortho nitro benzene ring substituents is 1. The molecular weight excluding hydrogens is 371 g/mol. The van der Waals surface area contributed by atoms with Gasteiger partial charge >= 0.3 is 23.5 Å². The van der Waals surface area contributed by atoms with E-state index >= 15 is 0 Å². The van der Waals surface area contributed by atoms with E-state index in [-0.39, 0.29) is 5.69 Å². The Bertz CT molecular complexity index is 693. The van der Waals surface area contributed by atoms with Crippen LogP contribution in [0.3, 0.4) is 0 Å². The predicted molar refractivity (Wildman–Crippen MR) is 67.6 cm³/mol. The molecule has 0 saturated heterocycles. The normalized spacial score (nSPS) is 17.3. The van der Waals surface area contributed by atoms with Crippen LogP contribution in [-0.2, 0) is 22.3 Å². The summed E-state index contributed by atoms with van der Waals surface area (Å²) in [6.45, 7) is 0. The molecule has 13 nitrogen and oxygen atoms in total. The highest BCUT2D eigenvalue weighted by atomic mass is 31.3. The third kappa shape index (κ3) is 6.75. The molecule has 0 saturated carbocycles. The van der Waals surface area contributed by atoms with Crippen LogP contribution in [0.4, 0.5) is 5.69 Å². The van der Waals surface area contributed by atoms with Crippen molar-refractivity contribution in [3.05, 3.63) is 34.4 Å². The maximum atomic E-state index is 11.4. The van der Waals surface area contributed by atoms with Crippen molar-refractivity contribution in [3.8, 4) is 5.75 Å². The SMILES string of the molecule is O=[N+]([O-])c1ccc(OP(=O)(O)OP(=O)(O)OP(=O)(O)O)cc1. The van der Waals surface area contributed by atoms with Gasteiger partial charge in [-0.2, -0.15) is 8.62 Å². The minimum absolute atomic E-state index is 0.362. The van der Waals surface area contributed by atoms with Gasteiger partial charge in [-0.15, -0.1) is 0 Å². The van der Waals surface area contributed by atoms with Gasteiger partial charge in [0.05, 0.1) is 4.92 Å². The highest BCUT2D eigenvalue weighted by Crippen LogP contribution is 2.66.